The smallest absolute Gasteiger partial charge is 0.254 e. The van der Waals surface area contributed by atoms with Gasteiger partial charge in [0.1, 0.15) is 11.6 Å². The number of hydrogen-bond donors (Lipinski definition) is 1. The van der Waals surface area contributed by atoms with Crippen LogP contribution in [0.5, 0.6) is 5.75 Å². The van der Waals surface area contributed by atoms with Crippen molar-refractivity contribution in [3.05, 3.63) is 63.9 Å². The predicted molar refractivity (Wildman–Crippen MR) is 78.0 cm³/mol. The van der Waals surface area contributed by atoms with Crippen LogP contribution < -0.4 is 0 Å². The lowest BCUT2D eigenvalue weighted by molar-refractivity contribution is 0.0784. The standard InChI is InChI=1S/C15H13BrFNO2/c1-18(9-11-4-2-3-5-14(11)19)15(20)10-6-7-12(16)13(17)8-10/h2-8,19H,9H2,1H3. The van der Waals surface area contributed by atoms with Crippen molar-refractivity contribution in [3.8, 4) is 5.75 Å². The third-order valence-electron chi connectivity index (χ3n) is 2.91. The molecule has 1 amide bonds. The summed E-state index contributed by atoms with van der Waals surface area (Å²) in [5.41, 5.74) is 0.907. The maximum atomic E-state index is 13.4. The first-order valence-corrected chi connectivity index (χ1v) is 6.75. The van der Waals surface area contributed by atoms with Crippen molar-refractivity contribution in [1.29, 1.82) is 0 Å². The maximum absolute atomic E-state index is 13.4. The minimum atomic E-state index is -0.480. The van der Waals surface area contributed by atoms with Crippen LogP contribution in [0.1, 0.15) is 15.9 Å². The molecule has 2 aromatic rings. The minimum Gasteiger partial charge on any atom is -0.508 e. The molecule has 0 aromatic heterocycles. The van der Waals surface area contributed by atoms with Crippen molar-refractivity contribution in [2.24, 2.45) is 0 Å². The Morgan fingerprint density at radius 3 is 2.65 bits per heavy atom. The molecule has 5 heteroatoms. The zero-order valence-corrected chi connectivity index (χ0v) is 12.4. The van der Waals surface area contributed by atoms with E-state index in [1.807, 2.05) is 0 Å². The van der Waals surface area contributed by atoms with Crippen LogP contribution in [-0.2, 0) is 6.54 Å². The van der Waals surface area contributed by atoms with Crippen LogP contribution in [-0.4, -0.2) is 23.0 Å². The fourth-order valence-corrected chi connectivity index (χ4v) is 2.07. The second kappa shape index (κ2) is 6.05. The van der Waals surface area contributed by atoms with Gasteiger partial charge < -0.3 is 10.0 Å². The monoisotopic (exact) mass is 337 g/mol. The second-order valence-electron chi connectivity index (χ2n) is 4.42. The van der Waals surface area contributed by atoms with Gasteiger partial charge >= 0.3 is 0 Å². The van der Waals surface area contributed by atoms with Crippen molar-refractivity contribution >= 4 is 21.8 Å². The summed E-state index contributed by atoms with van der Waals surface area (Å²) in [5, 5.41) is 9.69. The molecular formula is C15H13BrFNO2. The summed E-state index contributed by atoms with van der Waals surface area (Å²) in [6.07, 6.45) is 0. The fraction of sp³-hybridized carbons (Fsp3) is 0.133. The lowest BCUT2D eigenvalue weighted by Crippen LogP contribution is -2.26. The summed E-state index contributed by atoms with van der Waals surface area (Å²) in [4.78, 5) is 13.6. The van der Waals surface area contributed by atoms with Gasteiger partial charge in [-0.1, -0.05) is 18.2 Å². The molecule has 20 heavy (non-hydrogen) atoms. The van der Waals surface area contributed by atoms with E-state index < -0.39 is 5.82 Å². The number of hydrogen-bond acceptors (Lipinski definition) is 2. The Balaban J connectivity index is 2.16. The number of rotatable bonds is 3. The van der Waals surface area contributed by atoms with Crippen molar-refractivity contribution in [2.75, 3.05) is 7.05 Å². The highest BCUT2D eigenvalue weighted by Gasteiger charge is 2.15. The molecule has 0 aliphatic heterocycles. The molecular weight excluding hydrogens is 325 g/mol. The second-order valence-corrected chi connectivity index (χ2v) is 5.27. The molecule has 104 valence electrons. The van der Waals surface area contributed by atoms with Crippen LogP contribution in [0.2, 0.25) is 0 Å². The third-order valence-corrected chi connectivity index (χ3v) is 3.56. The highest BCUT2D eigenvalue weighted by molar-refractivity contribution is 9.10. The Morgan fingerprint density at radius 1 is 1.30 bits per heavy atom. The first kappa shape index (κ1) is 14.5. The third kappa shape index (κ3) is 3.17. The molecule has 2 rings (SSSR count). The van der Waals surface area contributed by atoms with Gasteiger partial charge in [0.05, 0.1) is 4.47 Å². The number of para-hydroxylation sites is 1. The van der Waals surface area contributed by atoms with Crippen molar-refractivity contribution in [1.82, 2.24) is 4.90 Å². The highest BCUT2D eigenvalue weighted by atomic mass is 79.9. The molecule has 0 radical (unpaired) electrons. The summed E-state index contributed by atoms with van der Waals surface area (Å²) in [7, 11) is 1.61. The fourth-order valence-electron chi connectivity index (χ4n) is 1.82. The molecule has 0 spiro atoms. The largest absolute Gasteiger partial charge is 0.508 e. The number of phenols is 1. The van der Waals surface area contributed by atoms with Crippen LogP contribution in [0.25, 0.3) is 0 Å². The quantitative estimate of drug-likeness (QED) is 0.930. The summed E-state index contributed by atoms with van der Waals surface area (Å²) in [6, 6.07) is 11.0. The topological polar surface area (TPSA) is 40.5 Å². The number of nitrogens with zero attached hydrogens (tertiary/aromatic N) is 1. The number of aromatic hydroxyl groups is 1. The molecule has 0 aliphatic rings. The number of benzene rings is 2. The first-order chi connectivity index (χ1) is 9.49. The van der Waals surface area contributed by atoms with E-state index in [0.29, 0.717) is 10.0 Å². The molecule has 0 saturated carbocycles. The van der Waals surface area contributed by atoms with E-state index in [2.05, 4.69) is 15.9 Å². The highest BCUT2D eigenvalue weighted by Crippen LogP contribution is 2.20. The number of phenolic OH excluding ortho intramolecular Hbond substituents is 1. The molecule has 2 aromatic carbocycles. The van der Waals surface area contributed by atoms with E-state index in [-0.39, 0.29) is 23.8 Å². The van der Waals surface area contributed by atoms with Crippen LogP contribution >= 0.6 is 15.9 Å². The lowest BCUT2D eigenvalue weighted by Gasteiger charge is -2.18. The molecule has 0 unspecified atom stereocenters. The van der Waals surface area contributed by atoms with Crippen LogP contribution in [0.15, 0.2) is 46.9 Å². The average molecular weight is 338 g/mol. The van der Waals surface area contributed by atoms with Gasteiger partial charge in [0.15, 0.2) is 0 Å². The van der Waals surface area contributed by atoms with Crippen molar-refractivity contribution < 1.29 is 14.3 Å². The lowest BCUT2D eigenvalue weighted by atomic mass is 10.1. The van der Waals surface area contributed by atoms with Gasteiger partial charge in [-0.25, -0.2) is 4.39 Å². The minimum absolute atomic E-state index is 0.133. The van der Waals surface area contributed by atoms with Gasteiger partial charge in [-0.05, 0) is 40.2 Å². The molecule has 0 bridgehead atoms. The van der Waals surface area contributed by atoms with Gasteiger partial charge in [0.2, 0.25) is 0 Å². The molecule has 0 heterocycles. The molecule has 0 aliphatic carbocycles. The maximum Gasteiger partial charge on any atom is 0.254 e. The van der Waals surface area contributed by atoms with Crippen LogP contribution in [0.4, 0.5) is 4.39 Å². The normalized spacial score (nSPS) is 10.3. The Morgan fingerprint density at radius 2 is 2.00 bits per heavy atom. The summed E-state index contributed by atoms with van der Waals surface area (Å²) in [6.45, 7) is 0.253. The Hall–Kier alpha value is -1.88. The van der Waals surface area contributed by atoms with Gasteiger partial charge in [-0.15, -0.1) is 0 Å². The van der Waals surface area contributed by atoms with Gasteiger partial charge in [0, 0.05) is 24.7 Å². The number of carbonyl (C=O) groups is 1. The van der Waals surface area contributed by atoms with Crippen LogP contribution in [0.3, 0.4) is 0 Å². The van der Waals surface area contributed by atoms with Crippen molar-refractivity contribution in [3.63, 3.8) is 0 Å². The predicted octanol–water partition coefficient (Wildman–Crippen LogP) is 3.57. The van der Waals surface area contributed by atoms with E-state index >= 15 is 0 Å². The summed E-state index contributed by atoms with van der Waals surface area (Å²) in [5.74, 6) is -0.652. The summed E-state index contributed by atoms with van der Waals surface area (Å²) < 4.78 is 13.8. The van der Waals surface area contributed by atoms with E-state index in [1.165, 1.54) is 17.0 Å². The Bertz CT molecular complexity index is 646. The molecule has 0 saturated heterocycles. The van der Waals surface area contributed by atoms with E-state index in [9.17, 15) is 14.3 Å². The SMILES string of the molecule is CN(Cc1ccccc1O)C(=O)c1ccc(Br)c(F)c1. The zero-order valence-electron chi connectivity index (χ0n) is 10.8. The zero-order chi connectivity index (χ0) is 14.7. The summed E-state index contributed by atoms with van der Waals surface area (Å²) >= 11 is 3.05. The average Bonchev–Trinajstić information content (AvgIpc) is 2.43. The van der Waals surface area contributed by atoms with Crippen LogP contribution in [0, 0.1) is 5.82 Å². The number of carbonyl (C=O) groups excluding carboxylic acids is 1. The van der Waals surface area contributed by atoms with E-state index in [1.54, 1.807) is 37.4 Å². The van der Waals surface area contributed by atoms with E-state index in [0.717, 1.165) is 0 Å². The van der Waals surface area contributed by atoms with Gasteiger partial charge in [-0.2, -0.15) is 0 Å². The van der Waals surface area contributed by atoms with Crippen molar-refractivity contribution in [2.45, 2.75) is 6.54 Å². The van der Waals surface area contributed by atoms with Gasteiger partial charge in [0.25, 0.3) is 5.91 Å². The first-order valence-electron chi connectivity index (χ1n) is 5.96. The molecule has 3 nitrogen and oxygen atoms in total. The molecule has 0 atom stereocenters. The molecule has 0 fully saturated rings. The van der Waals surface area contributed by atoms with Gasteiger partial charge in [-0.3, -0.25) is 4.79 Å². The van der Waals surface area contributed by atoms with E-state index in [4.69, 9.17) is 0 Å². The number of halogens is 2. The number of amides is 1. The molecule has 1 N–H and O–H groups in total. The Labute approximate surface area is 124 Å². The Kier molecular flexibility index (Phi) is 4.39.